The van der Waals surface area contributed by atoms with E-state index in [1.54, 1.807) is 0 Å². The highest BCUT2D eigenvalue weighted by atomic mass is 31.2. The smallest absolute Gasteiger partial charge is 0.260 e. The molecule has 8 heavy (non-hydrogen) atoms. The van der Waals surface area contributed by atoms with Gasteiger partial charge in [-0.1, -0.05) is 0 Å². The molecule has 0 unspecified atom stereocenters. The lowest BCUT2D eigenvalue weighted by molar-refractivity contribution is -0.230. The lowest BCUT2D eigenvalue weighted by Crippen LogP contribution is -1.96. The quantitative estimate of drug-likeness (QED) is 0.347. The minimum atomic E-state index is -1.53. The zero-order valence-electron chi connectivity index (χ0n) is 4.66. The maximum absolute atomic E-state index is 5.07. The second-order valence-corrected chi connectivity index (χ2v) is 1.64. The first kappa shape index (κ1) is 8.23. The van der Waals surface area contributed by atoms with Gasteiger partial charge in [0.1, 0.15) is 0 Å². The van der Waals surface area contributed by atoms with E-state index < -0.39 is 8.53 Å². The number of hydrogen-bond acceptors (Lipinski definition) is 5. The molecule has 0 saturated carbocycles. The molecular weight excluding hydrogens is 133 g/mol. The van der Waals surface area contributed by atoms with Crippen LogP contribution in [0.1, 0.15) is 0 Å². The van der Waals surface area contributed by atoms with Crippen molar-refractivity contribution in [2.75, 3.05) is 14.2 Å². The van der Waals surface area contributed by atoms with Crippen LogP contribution in [-0.4, -0.2) is 14.2 Å². The minimum absolute atomic E-state index is 1.33. The van der Waals surface area contributed by atoms with Crippen LogP contribution in [0.5, 0.6) is 0 Å². The molecule has 0 aliphatic rings. The van der Waals surface area contributed by atoms with Gasteiger partial charge >= 0.3 is 8.53 Å². The van der Waals surface area contributed by atoms with Gasteiger partial charge in [-0.3, -0.25) is 5.50 Å². The Hall–Kier alpha value is 0.230. The maximum Gasteiger partial charge on any atom is 0.318 e. The number of nitrogens with two attached hydrogens (primary N) is 1. The molecule has 5 nitrogen and oxygen atoms in total. The van der Waals surface area contributed by atoms with Crippen molar-refractivity contribution in [1.29, 1.82) is 0 Å². The monoisotopic (exact) mass is 141 g/mol. The van der Waals surface area contributed by atoms with Crippen molar-refractivity contribution in [2.45, 2.75) is 0 Å². The molecule has 6 heteroatoms. The first-order chi connectivity index (χ1) is 3.81. The molecule has 0 aliphatic carbocycles. The van der Waals surface area contributed by atoms with Crippen LogP contribution in [0.15, 0.2) is 0 Å². The Balaban J connectivity index is 2.92. The van der Waals surface area contributed by atoms with Crippen LogP contribution in [0.2, 0.25) is 0 Å². The first-order valence-corrected chi connectivity index (χ1v) is 3.02. The molecular formula is C2H8NO4P. The first-order valence-electron chi connectivity index (χ1n) is 1.77. The molecule has 0 amide bonds. The van der Waals surface area contributed by atoms with Crippen molar-refractivity contribution < 1.29 is 19.1 Å². The molecule has 0 aromatic carbocycles. The summed E-state index contributed by atoms with van der Waals surface area (Å²) in [6.07, 6.45) is 0. The van der Waals surface area contributed by atoms with Crippen LogP contribution >= 0.6 is 8.53 Å². The minimum Gasteiger partial charge on any atom is -0.260 e. The molecule has 0 bridgehead atoms. The van der Waals surface area contributed by atoms with Crippen LogP contribution in [0.3, 0.4) is 0 Å². The summed E-state index contributed by atoms with van der Waals surface area (Å²) < 4.78 is 8.56. The average Bonchev–Trinajstić information content (AvgIpc) is 1.68. The van der Waals surface area contributed by atoms with Crippen molar-refractivity contribution in [2.24, 2.45) is 5.50 Å². The lowest BCUT2D eigenvalue weighted by atomic mass is 11.8. The van der Waals surface area contributed by atoms with E-state index in [9.17, 15) is 0 Å². The van der Waals surface area contributed by atoms with Gasteiger partial charge in [0.15, 0.2) is 0 Å². The lowest BCUT2D eigenvalue weighted by Gasteiger charge is -2.03. The highest BCUT2D eigenvalue weighted by Crippen LogP contribution is 2.27. The van der Waals surface area contributed by atoms with E-state index in [4.69, 9.17) is 5.50 Å². The Morgan fingerprint density at radius 2 is 1.50 bits per heavy atom. The van der Waals surface area contributed by atoms with Crippen LogP contribution in [0.4, 0.5) is 0 Å². The van der Waals surface area contributed by atoms with E-state index in [-0.39, 0.29) is 0 Å². The molecule has 0 aromatic rings. The second-order valence-electron chi connectivity index (χ2n) is 0.768. The fourth-order valence-electron chi connectivity index (χ4n) is 0.159. The summed E-state index contributed by atoms with van der Waals surface area (Å²) in [5.41, 5.74) is 5.07. The molecule has 0 aromatic heterocycles. The average molecular weight is 141 g/mol. The Labute approximate surface area is 48.5 Å². The highest BCUT2D eigenvalue weighted by Gasteiger charge is 2.01. The van der Waals surface area contributed by atoms with E-state index in [1.807, 2.05) is 0 Å². The second kappa shape index (κ2) is 5.37. The van der Waals surface area contributed by atoms with Gasteiger partial charge < -0.3 is 0 Å². The predicted octanol–water partition coefficient (Wildman–Crippen LogP) is 0.328. The van der Waals surface area contributed by atoms with E-state index in [0.717, 1.165) is 0 Å². The molecule has 0 heterocycles. The van der Waals surface area contributed by atoms with Crippen LogP contribution < -0.4 is 5.50 Å². The summed E-state index contributed by atoms with van der Waals surface area (Å²) in [6, 6.07) is 0. The van der Waals surface area contributed by atoms with Crippen molar-refractivity contribution in [3.05, 3.63) is 0 Å². The largest absolute Gasteiger partial charge is 0.318 e. The van der Waals surface area contributed by atoms with Gasteiger partial charge in [0, 0.05) is 0 Å². The SMILES string of the molecule is COOP(N)OOC. The fourth-order valence-corrected chi connectivity index (χ4v) is 0.478. The highest BCUT2D eigenvalue weighted by molar-refractivity contribution is 7.44. The van der Waals surface area contributed by atoms with Crippen LogP contribution in [-0.2, 0) is 19.1 Å². The van der Waals surface area contributed by atoms with E-state index >= 15 is 0 Å². The molecule has 50 valence electrons. The van der Waals surface area contributed by atoms with Gasteiger partial charge in [0.25, 0.3) is 0 Å². The summed E-state index contributed by atoms with van der Waals surface area (Å²) in [6.45, 7) is 0. The van der Waals surface area contributed by atoms with Gasteiger partial charge in [-0.2, -0.15) is 9.35 Å². The van der Waals surface area contributed by atoms with Gasteiger partial charge in [-0.25, -0.2) is 9.78 Å². The van der Waals surface area contributed by atoms with Crippen molar-refractivity contribution in [3.8, 4) is 0 Å². The third-order valence-corrected chi connectivity index (χ3v) is 0.888. The number of hydrogen-bond donors (Lipinski definition) is 1. The topological polar surface area (TPSA) is 62.9 Å². The summed E-state index contributed by atoms with van der Waals surface area (Å²) in [5, 5.41) is 0. The zero-order chi connectivity index (χ0) is 6.41. The van der Waals surface area contributed by atoms with Gasteiger partial charge in [-0.05, 0) is 0 Å². The van der Waals surface area contributed by atoms with Crippen LogP contribution in [0.25, 0.3) is 0 Å². The Bertz CT molecular complexity index is 47.3. The molecule has 0 fully saturated rings. The summed E-state index contributed by atoms with van der Waals surface area (Å²) in [4.78, 5) is 8.31. The number of rotatable bonds is 4. The standard InChI is InChI=1S/C2H8NO4P/c1-4-6-8(3)7-5-2/h3H2,1-2H3. The molecule has 0 spiro atoms. The molecule has 0 rings (SSSR count). The van der Waals surface area contributed by atoms with E-state index in [0.29, 0.717) is 0 Å². The Kier molecular flexibility index (Phi) is 5.52. The van der Waals surface area contributed by atoms with Crippen molar-refractivity contribution in [1.82, 2.24) is 0 Å². The molecule has 2 N–H and O–H groups in total. The van der Waals surface area contributed by atoms with Crippen molar-refractivity contribution in [3.63, 3.8) is 0 Å². The maximum atomic E-state index is 5.07. The van der Waals surface area contributed by atoms with E-state index in [2.05, 4.69) is 19.1 Å². The Morgan fingerprint density at radius 1 is 1.12 bits per heavy atom. The Morgan fingerprint density at radius 3 is 1.75 bits per heavy atom. The third kappa shape index (κ3) is 4.39. The predicted molar refractivity (Wildman–Crippen MR) is 27.3 cm³/mol. The van der Waals surface area contributed by atoms with Crippen molar-refractivity contribution >= 4 is 8.53 Å². The normalized spacial score (nSPS) is 10.5. The molecule has 0 atom stereocenters. The third-order valence-electron chi connectivity index (χ3n) is 0.296. The van der Waals surface area contributed by atoms with E-state index in [1.165, 1.54) is 14.2 Å². The van der Waals surface area contributed by atoms with Gasteiger partial charge in [-0.15, -0.1) is 0 Å². The summed E-state index contributed by atoms with van der Waals surface area (Å²) >= 11 is 0. The van der Waals surface area contributed by atoms with Crippen LogP contribution in [0, 0.1) is 0 Å². The molecule has 0 aliphatic heterocycles. The molecule has 0 radical (unpaired) electrons. The summed E-state index contributed by atoms with van der Waals surface area (Å²) in [5.74, 6) is 0. The van der Waals surface area contributed by atoms with Gasteiger partial charge in [0.2, 0.25) is 0 Å². The molecule has 0 saturated heterocycles. The zero-order valence-corrected chi connectivity index (χ0v) is 5.55. The fraction of sp³-hybridized carbons (Fsp3) is 1.00. The van der Waals surface area contributed by atoms with Gasteiger partial charge in [0.05, 0.1) is 14.2 Å². The summed E-state index contributed by atoms with van der Waals surface area (Å²) in [7, 11) is 1.14.